The number of nitrogens with zero attached hydrogens (tertiary/aromatic N) is 4. The van der Waals surface area contributed by atoms with Crippen molar-refractivity contribution in [3.8, 4) is 11.6 Å². The van der Waals surface area contributed by atoms with Crippen molar-refractivity contribution in [2.45, 2.75) is 0 Å². The maximum Gasteiger partial charge on any atom is 0.294 e. The second-order valence-corrected chi connectivity index (χ2v) is 9.76. The average Bonchev–Trinajstić information content (AvgIpc) is 3.19. The molecule has 2 aromatic carbocycles. The van der Waals surface area contributed by atoms with Crippen LogP contribution < -0.4 is 15.0 Å². The largest absolute Gasteiger partial charge is 0.436 e. The van der Waals surface area contributed by atoms with Gasteiger partial charge in [0.25, 0.3) is 17.0 Å². The summed E-state index contributed by atoms with van der Waals surface area (Å²) in [6, 6.07) is 13.7. The molecule has 10 nitrogen and oxygen atoms in total. The number of aromatic nitrogens is 2. The number of carbonyl (C=O) groups is 3. The zero-order valence-corrected chi connectivity index (χ0v) is 21.9. The molecule has 0 bridgehead atoms. The minimum atomic E-state index is -0.794. The molecule has 0 unspecified atom stereocenters. The molecular weight excluding hydrogens is 549 g/mol. The number of nitrogens with one attached hydrogen (secondary N) is 1. The maximum atomic E-state index is 13.9. The molecule has 3 amide bonds. The number of ether oxygens (including phenoxy) is 2. The number of anilines is 2. The van der Waals surface area contributed by atoms with Gasteiger partial charge < -0.3 is 19.7 Å². The standard InChI is InChI=1S/C26H21ClFN5O5S/c27-25-29-14-20(28)23(31-25)38-19-3-1-2-16(12-19)13-21-24(35)33(26(36)39-21)15-22(34)30-17-4-6-18(7-5-17)32-8-10-37-11-9-32/h1-7,12-14H,8-11,15H2,(H,30,34)/b21-13+. The molecule has 39 heavy (non-hydrogen) atoms. The molecule has 0 aliphatic carbocycles. The van der Waals surface area contributed by atoms with Crippen LogP contribution >= 0.6 is 23.4 Å². The van der Waals surface area contributed by atoms with Gasteiger partial charge in [0.2, 0.25) is 17.0 Å². The molecule has 1 aromatic heterocycles. The van der Waals surface area contributed by atoms with Gasteiger partial charge in [0.15, 0.2) is 0 Å². The van der Waals surface area contributed by atoms with Gasteiger partial charge in [-0.2, -0.15) is 9.37 Å². The summed E-state index contributed by atoms with van der Waals surface area (Å²) in [5.74, 6) is -2.01. The van der Waals surface area contributed by atoms with Crippen LogP contribution in [0.15, 0.2) is 59.6 Å². The van der Waals surface area contributed by atoms with Crippen LogP contribution in [0.4, 0.5) is 20.6 Å². The third kappa shape index (κ3) is 6.53. The summed E-state index contributed by atoms with van der Waals surface area (Å²) >= 11 is 6.42. The Bertz CT molecular complexity index is 1450. The number of amides is 3. The Morgan fingerprint density at radius 3 is 2.72 bits per heavy atom. The minimum Gasteiger partial charge on any atom is -0.436 e. The van der Waals surface area contributed by atoms with Crippen molar-refractivity contribution in [2.75, 3.05) is 43.1 Å². The van der Waals surface area contributed by atoms with Crippen LogP contribution in [-0.4, -0.2) is 64.8 Å². The van der Waals surface area contributed by atoms with Gasteiger partial charge in [-0.1, -0.05) is 12.1 Å². The van der Waals surface area contributed by atoms with Crippen LogP contribution in [0.3, 0.4) is 0 Å². The lowest BCUT2D eigenvalue weighted by Crippen LogP contribution is -2.36. The van der Waals surface area contributed by atoms with E-state index < -0.39 is 29.4 Å². The number of rotatable bonds is 7. The van der Waals surface area contributed by atoms with E-state index in [2.05, 4.69) is 20.2 Å². The molecule has 0 radical (unpaired) electrons. The van der Waals surface area contributed by atoms with E-state index in [1.165, 1.54) is 12.1 Å². The number of hydrogen-bond donors (Lipinski definition) is 1. The predicted octanol–water partition coefficient (Wildman–Crippen LogP) is 4.57. The van der Waals surface area contributed by atoms with Crippen molar-refractivity contribution in [3.63, 3.8) is 0 Å². The zero-order chi connectivity index (χ0) is 27.4. The molecule has 1 N–H and O–H groups in total. The normalized spacial score (nSPS) is 16.6. The summed E-state index contributed by atoms with van der Waals surface area (Å²) in [6.45, 7) is 2.51. The third-order valence-corrected chi connectivity index (χ3v) is 6.85. The van der Waals surface area contributed by atoms with Gasteiger partial charge >= 0.3 is 0 Å². The molecule has 0 atom stereocenters. The molecule has 2 fully saturated rings. The van der Waals surface area contributed by atoms with Crippen molar-refractivity contribution < 1.29 is 28.2 Å². The predicted molar refractivity (Wildman–Crippen MR) is 144 cm³/mol. The Morgan fingerprint density at radius 1 is 1.18 bits per heavy atom. The zero-order valence-electron chi connectivity index (χ0n) is 20.3. The lowest BCUT2D eigenvalue weighted by molar-refractivity contribution is -0.127. The number of hydrogen-bond acceptors (Lipinski definition) is 9. The first-order chi connectivity index (χ1) is 18.9. The Hall–Kier alpha value is -4.00. The molecule has 3 aromatic rings. The third-order valence-electron chi connectivity index (χ3n) is 5.76. The highest BCUT2D eigenvalue weighted by molar-refractivity contribution is 8.18. The first kappa shape index (κ1) is 26.6. The van der Waals surface area contributed by atoms with E-state index in [1.807, 2.05) is 12.1 Å². The fourth-order valence-corrected chi connectivity index (χ4v) is 4.86. The minimum absolute atomic E-state index is 0.135. The van der Waals surface area contributed by atoms with Crippen LogP contribution in [0.5, 0.6) is 11.6 Å². The topological polar surface area (TPSA) is 114 Å². The van der Waals surface area contributed by atoms with Gasteiger partial charge in [-0.15, -0.1) is 0 Å². The second-order valence-electron chi connectivity index (χ2n) is 8.43. The van der Waals surface area contributed by atoms with Crippen LogP contribution in [0.2, 0.25) is 5.28 Å². The number of imide groups is 1. The molecule has 2 aliphatic heterocycles. The highest BCUT2D eigenvalue weighted by Crippen LogP contribution is 2.33. The molecule has 0 spiro atoms. The number of carbonyl (C=O) groups excluding carboxylic acids is 3. The van der Waals surface area contributed by atoms with Crippen molar-refractivity contribution in [1.29, 1.82) is 0 Å². The van der Waals surface area contributed by atoms with Gasteiger partial charge in [-0.05, 0) is 71.4 Å². The first-order valence-corrected chi connectivity index (χ1v) is 13.0. The van der Waals surface area contributed by atoms with E-state index in [4.69, 9.17) is 21.1 Å². The lowest BCUT2D eigenvalue weighted by Gasteiger charge is -2.28. The van der Waals surface area contributed by atoms with Gasteiger partial charge in [0.05, 0.1) is 24.3 Å². The van der Waals surface area contributed by atoms with E-state index in [0.29, 0.717) is 24.5 Å². The van der Waals surface area contributed by atoms with Gasteiger partial charge in [-0.25, -0.2) is 4.98 Å². The molecule has 2 saturated heterocycles. The van der Waals surface area contributed by atoms with Crippen molar-refractivity contribution in [1.82, 2.24) is 14.9 Å². The van der Waals surface area contributed by atoms with Crippen LogP contribution in [0, 0.1) is 5.82 Å². The Morgan fingerprint density at radius 2 is 1.95 bits per heavy atom. The Labute approximate surface area is 231 Å². The molecule has 13 heteroatoms. The number of morpholine rings is 1. The fourth-order valence-electron chi connectivity index (χ4n) is 3.89. The number of benzene rings is 2. The van der Waals surface area contributed by atoms with E-state index in [0.717, 1.165) is 41.6 Å². The SMILES string of the molecule is O=C(CN1C(=O)S/C(=C/c2cccc(Oc3nc(Cl)ncc3F)c2)C1=O)Nc1ccc(N2CCOCC2)cc1. The van der Waals surface area contributed by atoms with Gasteiger partial charge in [0.1, 0.15) is 12.3 Å². The smallest absolute Gasteiger partial charge is 0.294 e. The highest BCUT2D eigenvalue weighted by Gasteiger charge is 2.36. The van der Waals surface area contributed by atoms with Gasteiger partial charge in [-0.3, -0.25) is 19.3 Å². The summed E-state index contributed by atoms with van der Waals surface area (Å²) in [5, 5.41) is 1.98. The van der Waals surface area contributed by atoms with Crippen LogP contribution in [-0.2, 0) is 14.3 Å². The summed E-state index contributed by atoms with van der Waals surface area (Å²) < 4.78 is 24.7. The molecule has 3 heterocycles. The lowest BCUT2D eigenvalue weighted by atomic mass is 10.2. The summed E-state index contributed by atoms with van der Waals surface area (Å²) in [7, 11) is 0. The first-order valence-electron chi connectivity index (χ1n) is 11.8. The second kappa shape index (κ2) is 11.8. The molecule has 2 aliphatic rings. The van der Waals surface area contributed by atoms with Crippen LogP contribution in [0.25, 0.3) is 6.08 Å². The summed E-state index contributed by atoms with van der Waals surface area (Å²) in [5.41, 5.74) is 2.09. The molecule has 200 valence electrons. The summed E-state index contributed by atoms with van der Waals surface area (Å²) in [4.78, 5) is 48.4. The van der Waals surface area contributed by atoms with E-state index in [1.54, 1.807) is 30.3 Å². The molecular formula is C26H21ClFN5O5S. The molecule has 0 saturated carbocycles. The molecule has 5 rings (SSSR count). The summed E-state index contributed by atoms with van der Waals surface area (Å²) in [6.07, 6.45) is 2.38. The maximum absolute atomic E-state index is 13.9. The number of thioether (sulfide) groups is 1. The quantitative estimate of drug-likeness (QED) is 0.323. The van der Waals surface area contributed by atoms with Crippen molar-refractivity contribution in [2.24, 2.45) is 0 Å². The van der Waals surface area contributed by atoms with Crippen molar-refractivity contribution >= 4 is 57.9 Å². The Kier molecular flexibility index (Phi) is 8.05. The van der Waals surface area contributed by atoms with Crippen molar-refractivity contribution in [3.05, 3.63) is 76.3 Å². The van der Waals surface area contributed by atoms with E-state index >= 15 is 0 Å². The van der Waals surface area contributed by atoms with Gasteiger partial charge in [0, 0.05) is 24.5 Å². The van der Waals surface area contributed by atoms with Crippen LogP contribution in [0.1, 0.15) is 5.56 Å². The number of halogens is 2. The monoisotopic (exact) mass is 569 g/mol. The van der Waals surface area contributed by atoms with E-state index in [-0.39, 0.29) is 21.8 Å². The van der Waals surface area contributed by atoms with E-state index in [9.17, 15) is 18.8 Å². The fraction of sp³-hybridized carbons (Fsp3) is 0.192. The highest BCUT2D eigenvalue weighted by atomic mass is 35.5. The Balaban J connectivity index is 1.21. The average molecular weight is 570 g/mol.